The van der Waals surface area contributed by atoms with Crippen molar-refractivity contribution < 1.29 is 4.74 Å². The Hall–Kier alpha value is -0.320. The van der Waals surface area contributed by atoms with Crippen LogP contribution in [0.4, 0.5) is 0 Å². The highest BCUT2D eigenvalue weighted by atomic mass is 32.2. The normalized spacial score (nSPS) is 27.4. The minimum absolute atomic E-state index is 0.340. The second-order valence-electron chi connectivity index (χ2n) is 5.81. The molecule has 0 aliphatic carbocycles. The van der Waals surface area contributed by atoms with Crippen molar-refractivity contribution in [2.45, 2.75) is 49.5 Å². The summed E-state index contributed by atoms with van der Waals surface area (Å²) in [6.45, 7) is 8.98. The van der Waals surface area contributed by atoms with Gasteiger partial charge in [0.1, 0.15) is 5.75 Å². The lowest BCUT2D eigenvalue weighted by Gasteiger charge is -2.36. The van der Waals surface area contributed by atoms with E-state index in [9.17, 15) is 0 Å². The molecule has 4 unspecified atom stereocenters. The second kappa shape index (κ2) is 7.30. The van der Waals surface area contributed by atoms with Crippen LogP contribution < -0.4 is 10.1 Å². The third kappa shape index (κ3) is 3.54. The summed E-state index contributed by atoms with van der Waals surface area (Å²) in [4.78, 5) is 0. The summed E-state index contributed by atoms with van der Waals surface area (Å²) in [5, 5.41) is 5.55. The molecule has 0 amide bonds. The fraction of sp³-hybridized carbons (Fsp3) is 0.647. The Bertz CT molecular complexity index is 492. The maximum atomic E-state index is 5.72. The molecule has 1 N–H and O–H groups in total. The number of aryl methyl sites for hydroxylation is 1. The third-order valence-corrected chi connectivity index (χ3v) is 8.00. The molecule has 1 aromatic carbocycles. The maximum absolute atomic E-state index is 5.72. The molecule has 1 saturated heterocycles. The molecule has 0 saturated carbocycles. The Morgan fingerprint density at radius 3 is 2.52 bits per heavy atom. The van der Waals surface area contributed by atoms with E-state index in [1.54, 1.807) is 7.11 Å². The van der Waals surface area contributed by atoms with Gasteiger partial charge in [0.05, 0.1) is 7.11 Å². The van der Waals surface area contributed by atoms with Crippen LogP contribution in [0.3, 0.4) is 0 Å². The van der Waals surface area contributed by atoms with Gasteiger partial charge in [-0.25, -0.2) is 0 Å². The molecule has 4 heteroatoms. The van der Waals surface area contributed by atoms with Gasteiger partial charge >= 0.3 is 0 Å². The van der Waals surface area contributed by atoms with Gasteiger partial charge in [0, 0.05) is 33.1 Å². The predicted molar refractivity (Wildman–Crippen MR) is 97.0 cm³/mol. The zero-order valence-electron chi connectivity index (χ0n) is 13.9. The number of nitrogens with one attached hydrogen (secondary N) is 1. The lowest BCUT2D eigenvalue weighted by Crippen LogP contribution is -2.36. The first-order chi connectivity index (χ1) is 9.99. The molecule has 1 aromatic rings. The molecule has 118 valence electrons. The lowest BCUT2D eigenvalue weighted by molar-refractivity contribution is 0.397. The standard InChI is InChI=1S/C17H27NOS2/c1-10-7-8-14(17(19-6)11(10)2)16(18-5)15-9-20-12(3)13(4)21-15/h7-8,12-13,15-16,18H,9H2,1-6H3. The Morgan fingerprint density at radius 1 is 1.24 bits per heavy atom. The Morgan fingerprint density at radius 2 is 1.95 bits per heavy atom. The molecule has 2 nitrogen and oxygen atoms in total. The smallest absolute Gasteiger partial charge is 0.126 e. The third-order valence-electron chi connectivity index (χ3n) is 4.50. The summed E-state index contributed by atoms with van der Waals surface area (Å²) >= 11 is 4.20. The average molecular weight is 326 g/mol. The van der Waals surface area contributed by atoms with Crippen LogP contribution in [0.2, 0.25) is 0 Å². The number of methoxy groups -OCH3 is 1. The second-order valence-corrected chi connectivity index (χ2v) is 8.85. The van der Waals surface area contributed by atoms with Gasteiger partial charge in [-0.05, 0) is 32.0 Å². The van der Waals surface area contributed by atoms with E-state index in [-0.39, 0.29) is 0 Å². The van der Waals surface area contributed by atoms with E-state index in [1.807, 2.05) is 0 Å². The number of thioether (sulfide) groups is 2. The van der Waals surface area contributed by atoms with Crippen LogP contribution in [0, 0.1) is 13.8 Å². The van der Waals surface area contributed by atoms with Gasteiger partial charge < -0.3 is 10.1 Å². The zero-order chi connectivity index (χ0) is 15.6. The van der Waals surface area contributed by atoms with Crippen molar-refractivity contribution in [2.75, 3.05) is 19.9 Å². The average Bonchev–Trinajstić information content (AvgIpc) is 2.47. The fourth-order valence-corrected chi connectivity index (χ4v) is 6.00. The Labute approximate surface area is 137 Å². The summed E-state index contributed by atoms with van der Waals surface area (Å²) in [5.41, 5.74) is 3.84. The van der Waals surface area contributed by atoms with E-state index in [4.69, 9.17) is 4.74 Å². The molecule has 21 heavy (non-hydrogen) atoms. The van der Waals surface area contributed by atoms with Crippen molar-refractivity contribution in [1.82, 2.24) is 5.32 Å². The highest BCUT2D eigenvalue weighted by molar-refractivity contribution is 8.07. The molecule has 1 fully saturated rings. The van der Waals surface area contributed by atoms with Gasteiger partial charge in [-0.1, -0.05) is 26.0 Å². The van der Waals surface area contributed by atoms with E-state index in [0.717, 1.165) is 11.0 Å². The lowest BCUT2D eigenvalue weighted by atomic mass is 9.97. The number of ether oxygens (including phenoxy) is 1. The Balaban J connectivity index is 2.32. The highest BCUT2D eigenvalue weighted by Gasteiger charge is 2.33. The van der Waals surface area contributed by atoms with Crippen molar-refractivity contribution in [1.29, 1.82) is 0 Å². The van der Waals surface area contributed by atoms with Gasteiger partial charge in [0.15, 0.2) is 0 Å². The van der Waals surface area contributed by atoms with Gasteiger partial charge in [-0.3, -0.25) is 0 Å². The van der Waals surface area contributed by atoms with Crippen molar-refractivity contribution in [3.05, 3.63) is 28.8 Å². The molecule has 0 spiro atoms. The zero-order valence-corrected chi connectivity index (χ0v) is 15.5. The van der Waals surface area contributed by atoms with E-state index in [2.05, 4.69) is 75.7 Å². The van der Waals surface area contributed by atoms with E-state index in [1.165, 1.54) is 22.4 Å². The van der Waals surface area contributed by atoms with Crippen LogP contribution in [0.1, 0.15) is 36.6 Å². The number of hydrogen-bond acceptors (Lipinski definition) is 4. The minimum atomic E-state index is 0.340. The summed E-state index contributed by atoms with van der Waals surface area (Å²) in [6.07, 6.45) is 0. The van der Waals surface area contributed by atoms with Gasteiger partial charge in [-0.2, -0.15) is 23.5 Å². The van der Waals surface area contributed by atoms with Crippen LogP contribution in [0.25, 0.3) is 0 Å². The van der Waals surface area contributed by atoms with E-state index < -0.39 is 0 Å². The molecule has 2 rings (SSSR count). The summed E-state index contributed by atoms with van der Waals surface area (Å²) in [5.74, 6) is 2.24. The molecule has 1 aliphatic rings. The molecule has 1 heterocycles. The minimum Gasteiger partial charge on any atom is -0.496 e. The largest absolute Gasteiger partial charge is 0.496 e. The summed E-state index contributed by atoms with van der Waals surface area (Å²) in [6, 6.07) is 4.78. The van der Waals surface area contributed by atoms with E-state index >= 15 is 0 Å². The maximum Gasteiger partial charge on any atom is 0.126 e. The summed E-state index contributed by atoms with van der Waals surface area (Å²) in [7, 11) is 3.85. The van der Waals surface area contributed by atoms with Crippen molar-refractivity contribution >= 4 is 23.5 Å². The molecule has 1 aliphatic heterocycles. The SMILES string of the molecule is CNC(c1ccc(C)c(C)c1OC)C1CSC(C)C(C)S1. The molecule has 4 atom stereocenters. The first-order valence-corrected chi connectivity index (χ1v) is 9.57. The van der Waals surface area contributed by atoms with Gasteiger partial charge in [-0.15, -0.1) is 0 Å². The van der Waals surface area contributed by atoms with Crippen LogP contribution >= 0.6 is 23.5 Å². The first kappa shape index (κ1) is 17.0. The number of rotatable bonds is 4. The van der Waals surface area contributed by atoms with Crippen molar-refractivity contribution in [3.63, 3.8) is 0 Å². The predicted octanol–water partition coefficient (Wildman–Crippen LogP) is 4.20. The molecule has 0 radical (unpaired) electrons. The highest BCUT2D eigenvalue weighted by Crippen LogP contribution is 2.43. The fourth-order valence-electron chi connectivity index (χ4n) is 2.85. The van der Waals surface area contributed by atoms with Crippen LogP contribution in [-0.4, -0.2) is 35.7 Å². The van der Waals surface area contributed by atoms with Crippen LogP contribution in [0.5, 0.6) is 5.75 Å². The quantitative estimate of drug-likeness (QED) is 0.895. The van der Waals surface area contributed by atoms with Crippen molar-refractivity contribution in [3.8, 4) is 5.75 Å². The molecular weight excluding hydrogens is 298 g/mol. The van der Waals surface area contributed by atoms with Gasteiger partial charge in [0.25, 0.3) is 0 Å². The van der Waals surface area contributed by atoms with E-state index in [0.29, 0.717) is 16.5 Å². The van der Waals surface area contributed by atoms with Crippen LogP contribution in [-0.2, 0) is 0 Å². The monoisotopic (exact) mass is 325 g/mol. The number of hydrogen-bond donors (Lipinski definition) is 1. The summed E-state index contributed by atoms with van der Waals surface area (Å²) < 4.78 is 5.72. The van der Waals surface area contributed by atoms with Gasteiger partial charge in [0.2, 0.25) is 0 Å². The number of benzene rings is 1. The molecular formula is C17H27NOS2. The Kier molecular flexibility index (Phi) is 5.92. The van der Waals surface area contributed by atoms with Crippen LogP contribution in [0.15, 0.2) is 12.1 Å². The topological polar surface area (TPSA) is 21.3 Å². The van der Waals surface area contributed by atoms with Crippen molar-refractivity contribution in [2.24, 2.45) is 0 Å². The molecule has 0 bridgehead atoms. The first-order valence-electron chi connectivity index (χ1n) is 7.58. The molecule has 0 aromatic heterocycles.